The van der Waals surface area contributed by atoms with Crippen molar-refractivity contribution in [2.24, 2.45) is 0 Å². The maximum Gasteiger partial charge on any atom is 0.316 e. The number of ketones is 1. The number of nitrogens with one attached hydrogen (secondary N) is 1. The smallest absolute Gasteiger partial charge is 0.316 e. The second-order valence-corrected chi connectivity index (χ2v) is 7.12. The van der Waals surface area contributed by atoms with Crippen molar-refractivity contribution in [1.29, 1.82) is 0 Å². The number of Topliss-reactive ketones (excluding diaryl/α,β-unsaturated/α-hetero) is 1. The molecule has 9 heteroatoms. The Morgan fingerprint density at radius 2 is 2.00 bits per heavy atom. The first-order chi connectivity index (χ1) is 12.3. The third-order valence-electron chi connectivity index (χ3n) is 3.23. The van der Waals surface area contributed by atoms with Gasteiger partial charge in [-0.1, -0.05) is 16.8 Å². The lowest BCUT2D eigenvalue weighted by molar-refractivity contribution is -0.139. The standard InChI is InChI=1S/C17H17ClN2O5S/c1-10-7-15(20-25-10)19-17(23)11(2)26-9-16(22)24-8-14(21)12-3-5-13(18)6-4-12/h3-7,11H,8-9H2,1-2H3,(H,19,20,23)/t11-/m1/s1. The molecule has 0 bridgehead atoms. The molecule has 2 rings (SSSR count). The summed E-state index contributed by atoms with van der Waals surface area (Å²) in [5, 5.41) is 6.25. The van der Waals surface area contributed by atoms with Gasteiger partial charge in [-0.25, -0.2) is 0 Å². The molecule has 1 amide bonds. The summed E-state index contributed by atoms with van der Waals surface area (Å²) >= 11 is 6.85. The van der Waals surface area contributed by atoms with Gasteiger partial charge in [0.2, 0.25) is 5.91 Å². The lowest BCUT2D eigenvalue weighted by Crippen LogP contribution is -2.24. The molecule has 138 valence electrons. The zero-order valence-corrected chi connectivity index (χ0v) is 15.7. The Kier molecular flexibility index (Phi) is 7.23. The molecule has 0 saturated heterocycles. The van der Waals surface area contributed by atoms with E-state index in [1.54, 1.807) is 44.2 Å². The highest BCUT2D eigenvalue weighted by atomic mass is 35.5. The van der Waals surface area contributed by atoms with Crippen LogP contribution < -0.4 is 5.32 Å². The molecule has 0 spiro atoms. The van der Waals surface area contributed by atoms with E-state index in [4.69, 9.17) is 20.9 Å². The van der Waals surface area contributed by atoms with Gasteiger partial charge < -0.3 is 14.6 Å². The molecule has 0 fully saturated rings. The number of carbonyl (C=O) groups excluding carboxylic acids is 3. The lowest BCUT2D eigenvalue weighted by atomic mass is 10.1. The van der Waals surface area contributed by atoms with Gasteiger partial charge in [-0.15, -0.1) is 11.8 Å². The van der Waals surface area contributed by atoms with Crippen LogP contribution in [0.3, 0.4) is 0 Å². The summed E-state index contributed by atoms with van der Waals surface area (Å²) in [5.41, 5.74) is 0.408. The van der Waals surface area contributed by atoms with Crippen LogP contribution in [-0.4, -0.2) is 40.4 Å². The van der Waals surface area contributed by atoms with E-state index in [9.17, 15) is 14.4 Å². The summed E-state index contributed by atoms with van der Waals surface area (Å²) in [7, 11) is 0. The van der Waals surface area contributed by atoms with Crippen LogP contribution in [0.5, 0.6) is 0 Å². The fourth-order valence-electron chi connectivity index (χ4n) is 1.83. The van der Waals surface area contributed by atoms with Crippen LogP contribution in [-0.2, 0) is 14.3 Å². The Bertz CT molecular complexity index is 791. The van der Waals surface area contributed by atoms with Gasteiger partial charge in [-0.3, -0.25) is 14.4 Å². The van der Waals surface area contributed by atoms with Crippen LogP contribution in [0, 0.1) is 6.92 Å². The van der Waals surface area contributed by atoms with Crippen LogP contribution in [0.15, 0.2) is 34.9 Å². The monoisotopic (exact) mass is 396 g/mol. The van der Waals surface area contributed by atoms with Crippen LogP contribution in [0.2, 0.25) is 5.02 Å². The predicted molar refractivity (Wildman–Crippen MR) is 98.5 cm³/mol. The van der Waals surface area contributed by atoms with E-state index in [0.717, 1.165) is 11.8 Å². The Labute approximate surface area is 159 Å². The first kappa shape index (κ1) is 20.0. The number of rotatable bonds is 8. The summed E-state index contributed by atoms with van der Waals surface area (Å²) in [6, 6.07) is 7.88. The van der Waals surface area contributed by atoms with Crippen molar-refractivity contribution in [2.75, 3.05) is 17.7 Å². The molecule has 26 heavy (non-hydrogen) atoms. The van der Waals surface area contributed by atoms with Crippen LogP contribution in [0.25, 0.3) is 0 Å². The Morgan fingerprint density at radius 1 is 1.31 bits per heavy atom. The minimum Gasteiger partial charge on any atom is -0.457 e. The highest BCUT2D eigenvalue weighted by Gasteiger charge is 2.18. The molecule has 0 unspecified atom stereocenters. The summed E-state index contributed by atoms with van der Waals surface area (Å²) in [4.78, 5) is 35.6. The second kappa shape index (κ2) is 9.40. The van der Waals surface area contributed by atoms with E-state index in [1.165, 1.54) is 0 Å². The summed E-state index contributed by atoms with van der Waals surface area (Å²) < 4.78 is 9.79. The number of esters is 1. The summed E-state index contributed by atoms with van der Waals surface area (Å²) in [6.45, 7) is 3.00. The predicted octanol–water partition coefficient (Wildman–Crippen LogP) is 3.12. The minimum atomic E-state index is -0.575. The van der Waals surface area contributed by atoms with Crippen molar-refractivity contribution in [1.82, 2.24) is 5.16 Å². The molecule has 0 radical (unpaired) electrons. The molecule has 1 heterocycles. The number of ether oxygens (including phenoxy) is 1. The first-order valence-corrected chi connectivity index (χ1v) is 9.08. The molecular formula is C17H17ClN2O5S. The van der Waals surface area contributed by atoms with Gasteiger partial charge in [0.15, 0.2) is 18.2 Å². The second-order valence-electron chi connectivity index (χ2n) is 5.36. The highest BCUT2D eigenvalue weighted by Crippen LogP contribution is 2.15. The normalized spacial score (nSPS) is 11.7. The zero-order valence-electron chi connectivity index (χ0n) is 14.2. The average molecular weight is 397 g/mol. The molecule has 1 aromatic heterocycles. The molecule has 1 aromatic carbocycles. The quantitative estimate of drug-likeness (QED) is 0.540. The Hall–Kier alpha value is -2.32. The van der Waals surface area contributed by atoms with E-state index >= 15 is 0 Å². The Balaban J connectivity index is 1.71. The number of hydrogen-bond donors (Lipinski definition) is 1. The SMILES string of the molecule is Cc1cc(NC(=O)[C@@H](C)SCC(=O)OCC(=O)c2ccc(Cl)cc2)no1. The van der Waals surface area contributed by atoms with Crippen molar-refractivity contribution in [3.63, 3.8) is 0 Å². The zero-order chi connectivity index (χ0) is 19.1. The van der Waals surface area contributed by atoms with Gasteiger partial charge in [0.25, 0.3) is 0 Å². The third kappa shape index (κ3) is 6.20. The molecule has 2 aromatic rings. The highest BCUT2D eigenvalue weighted by molar-refractivity contribution is 8.01. The topological polar surface area (TPSA) is 98.5 Å². The maximum absolute atomic E-state index is 12.0. The number of thioether (sulfide) groups is 1. The van der Waals surface area contributed by atoms with E-state index in [-0.39, 0.29) is 24.1 Å². The number of aromatic nitrogens is 1. The first-order valence-electron chi connectivity index (χ1n) is 7.65. The Morgan fingerprint density at radius 3 is 2.62 bits per heavy atom. The van der Waals surface area contributed by atoms with E-state index in [1.807, 2.05) is 0 Å². The lowest BCUT2D eigenvalue weighted by Gasteiger charge is -2.10. The van der Waals surface area contributed by atoms with Gasteiger partial charge in [0.1, 0.15) is 5.76 Å². The van der Waals surface area contributed by atoms with E-state index in [2.05, 4.69) is 10.5 Å². The molecule has 7 nitrogen and oxygen atoms in total. The number of nitrogens with zero attached hydrogens (tertiary/aromatic N) is 1. The van der Waals surface area contributed by atoms with Gasteiger partial charge >= 0.3 is 5.97 Å². The largest absolute Gasteiger partial charge is 0.457 e. The van der Waals surface area contributed by atoms with Gasteiger partial charge in [-0.05, 0) is 38.1 Å². The van der Waals surface area contributed by atoms with E-state index in [0.29, 0.717) is 22.2 Å². The molecular weight excluding hydrogens is 380 g/mol. The number of benzene rings is 1. The summed E-state index contributed by atoms with van der Waals surface area (Å²) in [6.07, 6.45) is 0. The van der Waals surface area contributed by atoms with Crippen LogP contribution in [0.1, 0.15) is 23.0 Å². The average Bonchev–Trinajstić information content (AvgIpc) is 3.02. The fraction of sp³-hybridized carbons (Fsp3) is 0.294. The van der Waals surface area contributed by atoms with Crippen molar-refractivity contribution in [2.45, 2.75) is 19.1 Å². The third-order valence-corrected chi connectivity index (χ3v) is 4.60. The molecule has 1 N–H and O–H groups in total. The number of carbonyl (C=O) groups is 3. The van der Waals surface area contributed by atoms with Crippen molar-refractivity contribution >= 4 is 46.8 Å². The number of halogens is 1. The minimum absolute atomic E-state index is 0.0552. The van der Waals surface area contributed by atoms with Gasteiger partial charge in [0.05, 0.1) is 11.0 Å². The van der Waals surface area contributed by atoms with Crippen molar-refractivity contribution < 1.29 is 23.6 Å². The van der Waals surface area contributed by atoms with Crippen molar-refractivity contribution in [3.8, 4) is 0 Å². The molecule has 0 aliphatic heterocycles. The molecule has 0 saturated carbocycles. The number of hydrogen-bond acceptors (Lipinski definition) is 7. The van der Waals surface area contributed by atoms with Gasteiger partial charge in [0, 0.05) is 16.7 Å². The van der Waals surface area contributed by atoms with Crippen LogP contribution >= 0.6 is 23.4 Å². The number of anilines is 1. The molecule has 0 aliphatic carbocycles. The maximum atomic E-state index is 12.0. The number of amides is 1. The molecule has 1 atom stereocenters. The summed E-state index contributed by atoms with van der Waals surface area (Å²) in [5.74, 6) is -0.374. The van der Waals surface area contributed by atoms with Crippen molar-refractivity contribution in [3.05, 3.63) is 46.7 Å². The molecule has 0 aliphatic rings. The van der Waals surface area contributed by atoms with Crippen LogP contribution in [0.4, 0.5) is 5.82 Å². The van der Waals surface area contributed by atoms with Gasteiger partial charge in [-0.2, -0.15) is 0 Å². The number of aryl methyl sites for hydroxylation is 1. The fourth-order valence-corrected chi connectivity index (χ4v) is 2.63. The van der Waals surface area contributed by atoms with E-state index < -0.39 is 11.2 Å².